The lowest BCUT2D eigenvalue weighted by atomic mass is 10.1. The summed E-state index contributed by atoms with van der Waals surface area (Å²) in [6.07, 6.45) is 3.86. The van der Waals surface area contributed by atoms with Gasteiger partial charge in [-0.25, -0.2) is 0 Å². The molecule has 0 unspecified atom stereocenters. The van der Waals surface area contributed by atoms with E-state index in [9.17, 15) is 0 Å². The SMILES string of the molecule is Cc1ccc(-c2ccc(OCc3nn(C)cc3I)cc2)nc1. The molecular weight excluding hydrogens is 389 g/mol. The molecule has 0 aliphatic heterocycles. The maximum atomic E-state index is 5.80. The molecule has 3 rings (SSSR count). The van der Waals surface area contributed by atoms with Crippen LogP contribution in [0.2, 0.25) is 0 Å². The van der Waals surface area contributed by atoms with Crippen molar-refractivity contribution in [2.24, 2.45) is 7.05 Å². The van der Waals surface area contributed by atoms with Crippen molar-refractivity contribution < 1.29 is 4.74 Å². The Labute approximate surface area is 143 Å². The number of halogens is 1. The molecule has 0 atom stereocenters. The molecule has 22 heavy (non-hydrogen) atoms. The van der Waals surface area contributed by atoms with Gasteiger partial charge in [-0.3, -0.25) is 9.67 Å². The average molecular weight is 405 g/mol. The Morgan fingerprint density at radius 3 is 2.50 bits per heavy atom. The van der Waals surface area contributed by atoms with Gasteiger partial charge in [-0.15, -0.1) is 0 Å². The quantitative estimate of drug-likeness (QED) is 0.617. The molecule has 0 aliphatic carbocycles. The zero-order valence-electron chi connectivity index (χ0n) is 12.5. The predicted molar refractivity (Wildman–Crippen MR) is 94.7 cm³/mol. The summed E-state index contributed by atoms with van der Waals surface area (Å²) in [5.74, 6) is 0.831. The van der Waals surface area contributed by atoms with E-state index in [1.54, 1.807) is 4.68 Å². The molecule has 0 fully saturated rings. The number of nitrogens with zero attached hydrogens (tertiary/aromatic N) is 3. The van der Waals surface area contributed by atoms with Crippen molar-refractivity contribution in [2.75, 3.05) is 0 Å². The van der Waals surface area contributed by atoms with E-state index in [4.69, 9.17) is 4.74 Å². The highest BCUT2D eigenvalue weighted by molar-refractivity contribution is 14.1. The number of pyridine rings is 1. The predicted octanol–water partition coefficient (Wildman–Crippen LogP) is 3.97. The van der Waals surface area contributed by atoms with E-state index < -0.39 is 0 Å². The summed E-state index contributed by atoms with van der Waals surface area (Å²) in [5.41, 5.74) is 4.16. The van der Waals surface area contributed by atoms with E-state index in [1.165, 1.54) is 0 Å². The van der Waals surface area contributed by atoms with Gasteiger partial charge in [0.15, 0.2) is 0 Å². The third-order valence-corrected chi connectivity index (χ3v) is 4.19. The zero-order valence-corrected chi connectivity index (χ0v) is 14.6. The zero-order chi connectivity index (χ0) is 15.5. The Kier molecular flexibility index (Phi) is 4.42. The minimum Gasteiger partial charge on any atom is -0.487 e. The van der Waals surface area contributed by atoms with Crippen molar-refractivity contribution in [2.45, 2.75) is 13.5 Å². The molecule has 0 radical (unpaired) electrons. The van der Waals surface area contributed by atoms with Gasteiger partial charge in [0, 0.05) is 25.0 Å². The van der Waals surface area contributed by atoms with Crippen molar-refractivity contribution >= 4 is 22.6 Å². The van der Waals surface area contributed by atoms with Crippen LogP contribution in [0.5, 0.6) is 5.75 Å². The highest BCUT2D eigenvalue weighted by Gasteiger charge is 2.06. The number of aromatic nitrogens is 3. The fraction of sp³-hybridized carbons (Fsp3) is 0.176. The average Bonchev–Trinajstić information content (AvgIpc) is 2.84. The van der Waals surface area contributed by atoms with E-state index in [2.05, 4.69) is 38.7 Å². The Hall–Kier alpha value is -1.89. The van der Waals surface area contributed by atoms with Crippen LogP contribution in [0, 0.1) is 10.5 Å². The third kappa shape index (κ3) is 3.47. The fourth-order valence-electron chi connectivity index (χ4n) is 2.12. The van der Waals surface area contributed by atoms with Crippen molar-refractivity contribution in [1.82, 2.24) is 14.8 Å². The Bertz CT molecular complexity index is 764. The van der Waals surface area contributed by atoms with Crippen LogP contribution in [0.4, 0.5) is 0 Å². The van der Waals surface area contributed by atoms with Gasteiger partial charge in [-0.1, -0.05) is 6.07 Å². The summed E-state index contributed by atoms with van der Waals surface area (Å²) >= 11 is 2.27. The first-order valence-corrected chi connectivity index (χ1v) is 8.03. The lowest BCUT2D eigenvalue weighted by molar-refractivity contribution is 0.299. The van der Waals surface area contributed by atoms with Gasteiger partial charge in [0.2, 0.25) is 0 Å². The number of benzene rings is 1. The van der Waals surface area contributed by atoms with Gasteiger partial charge >= 0.3 is 0 Å². The molecule has 5 heteroatoms. The molecule has 112 valence electrons. The van der Waals surface area contributed by atoms with Crippen LogP contribution in [0.25, 0.3) is 11.3 Å². The lowest BCUT2D eigenvalue weighted by Gasteiger charge is -2.06. The molecule has 0 spiro atoms. The van der Waals surface area contributed by atoms with Crippen molar-refractivity contribution in [1.29, 1.82) is 0 Å². The van der Waals surface area contributed by atoms with Gasteiger partial charge in [-0.2, -0.15) is 5.10 Å². The maximum absolute atomic E-state index is 5.80. The largest absolute Gasteiger partial charge is 0.487 e. The molecular formula is C17H16IN3O. The summed E-state index contributed by atoms with van der Waals surface area (Å²) in [6, 6.07) is 12.1. The molecule has 2 aromatic heterocycles. The lowest BCUT2D eigenvalue weighted by Crippen LogP contribution is -1.99. The van der Waals surface area contributed by atoms with E-state index in [1.807, 2.05) is 56.7 Å². The topological polar surface area (TPSA) is 39.9 Å². The van der Waals surface area contributed by atoms with Crippen LogP contribution >= 0.6 is 22.6 Å². The van der Waals surface area contributed by atoms with Crippen molar-refractivity contribution in [3.8, 4) is 17.0 Å². The minimum absolute atomic E-state index is 0.473. The molecule has 0 saturated carbocycles. The van der Waals surface area contributed by atoms with Gasteiger partial charge in [0.1, 0.15) is 18.1 Å². The van der Waals surface area contributed by atoms with Crippen LogP contribution in [0.15, 0.2) is 48.8 Å². The molecule has 4 nitrogen and oxygen atoms in total. The molecule has 0 aliphatic rings. The van der Waals surface area contributed by atoms with Crippen LogP contribution in [0.3, 0.4) is 0 Å². The monoisotopic (exact) mass is 405 g/mol. The highest BCUT2D eigenvalue weighted by Crippen LogP contribution is 2.22. The molecule has 1 aromatic carbocycles. The molecule has 0 bridgehead atoms. The first-order valence-electron chi connectivity index (χ1n) is 6.96. The molecule has 3 aromatic rings. The second kappa shape index (κ2) is 6.48. The summed E-state index contributed by atoms with van der Waals surface area (Å²) in [6.45, 7) is 2.51. The van der Waals surface area contributed by atoms with E-state index >= 15 is 0 Å². The first kappa shape index (κ1) is 15.0. The van der Waals surface area contributed by atoms with Crippen molar-refractivity contribution in [3.63, 3.8) is 0 Å². The molecule has 0 amide bonds. The van der Waals surface area contributed by atoms with Gasteiger partial charge in [0.05, 0.1) is 9.26 Å². The summed E-state index contributed by atoms with van der Waals surface area (Å²) in [7, 11) is 1.91. The van der Waals surface area contributed by atoms with Crippen LogP contribution in [-0.4, -0.2) is 14.8 Å². The van der Waals surface area contributed by atoms with Gasteiger partial charge in [-0.05, 0) is 65.4 Å². The van der Waals surface area contributed by atoms with Crippen LogP contribution < -0.4 is 4.74 Å². The highest BCUT2D eigenvalue weighted by atomic mass is 127. The molecule has 0 saturated heterocycles. The molecule has 2 heterocycles. The minimum atomic E-state index is 0.473. The van der Waals surface area contributed by atoms with Crippen molar-refractivity contribution in [3.05, 3.63) is 63.6 Å². The second-order valence-electron chi connectivity index (χ2n) is 5.13. The summed E-state index contributed by atoms with van der Waals surface area (Å²) < 4.78 is 8.71. The number of hydrogen-bond acceptors (Lipinski definition) is 3. The smallest absolute Gasteiger partial charge is 0.133 e. The van der Waals surface area contributed by atoms with E-state index in [0.29, 0.717) is 6.61 Å². The van der Waals surface area contributed by atoms with Crippen LogP contribution in [0.1, 0.15) is 11.3 Å². The Balaban J connectivity index is 1.69. The standard InChI is InChI=1S/C17H16IN3O/c1-12-3-8-16(19-9-12)13-4-6-14(7-5-13)22-11-17-15(18)10-21(2)20-17/h3-10H,11H2,1-2H3. The fourth-order valence-corrected chi connectivity index (χ4v) is 2.78. The Morgan fingerprint density at radius 1 is 1.14 bits per heavy atom. The number of ether oxygens (including phenoxy) is 1. The Morgan fingerprint density at radius 2 is 1.91 bits per heavy atom. The normalized spacial score (nSPS) is 10.7. The summed E-state index contributed by atoms with van der Waals surface area (Å²) in [5, 5.41) is 4.37. The first-order chi connectivity index (χ1) is 10.6. The van der Waals surface area contributed by atoms with Crippen LogP contribution in [-0.2, 0) is 13.7 Å². The second-order valence-corrected chi connectivity index (χ2v) is 6.29. The van der Waals surface area contributed by atoms with E-state index in [0.717, 1.165) is 31.8 Å². The van der Waals surface area contributed by atoms with Gasteiger partial charge < -0.3 is 4.74 Å². The molecule has 0 N–H and O–H groups in total. The number of hydrogen-bond donors (Lipinski definition) is 0. The number of aryl methyl sites for hydroxylation is 2. The third-order valence-electron chi connectivity index (χ3n) is 3.29. The number of rotatable bonds is 4. The van der Waals surface area contributed by atoms with Gasteiger partial charge in [0.25, 0.3) is 0 Å². The summed E-state index contributed by atoms with van der Waals surface area (Å²) in [4.78, 5) is 4.43. The maximum Gasteiger partial charge on any atom is 0.133 e. The van der Waals surface area contributed by atoms with E-state index in [-0.39, 0.29) is 0 Å².